The lowest BCUT2D eigenvalue weighted by molar-refractivity contribution is -0.112. The van der Waals surface area contributed by atoms with E-state index < -0.39 is 5.25 Å². The fraction of sp³-hybridized carbons (Fsp3) is 0.125. The maximum Gasteiger partial charge on any atom is 0.193 e. The second-order valence-electron chi connectivity index (χ2n) is 4.41. The molecule has 2 aromatic rings. The number of nitrogens with two attached hydrogens (primary N) is 1. The molecule has 1 unspecified atom stereocenters. The number of methoxy groups -OCH3 is 1. The number of ether oxygens (including phenoxy) is 1. The molecule has 0 spiro atoms. The number of ketones is 1. The highest BCUT2D eigenvalue weighted by Gasteiger charge is 2.21. The van der Waals surface area contributed by atoms with E-state index in [1.165, 1.54) is 11.8 Å². The van der Waals surface area contributed by atoms with Gasteiger partial charge in [0.1, 0.15) is 5.75 Å². The van der Waals surface area contributed by atoms with Gasteiger partial charge in [-0.1, -0.05) is 29.8 Å². The number of carbonyl (C=O) groups excluding carboxylic acids is 1. The molecule has 114 valence electrons. The number of hydrogen-bond donors (Lipinski definition) is 1. The Labute approximate surface area is 138 Å². The molecule has 0 saturated carbocycles. The maximum absolute atomic E-state index is 12.3. The van der Waals surface area contributed by atoms with E-state index in [0.717, 1.165) is 22.4 Å². The van der Waals surface area contributed by atoms with Crippen LogP contribution in [0.2, 0.25) is 5.02 Å². The Balaban J connectivity index is 2.31. The lowest BCUT2D eigenvalue weighted by Gasteiger charge is -2.14. The quantitative estimate of drug-likeness (QED) is 0.378. The normalized spacial score (nSPS) is 12.3. The summed E-state index contributed by atoms with van der Waals surface area (Å²) in [6.07, 6.45) is 1.13. The van der Waals surface area contributed by atoms with Crippen molar-refractivity contribution in [3.05, 3.63) is 59.1 Å². The molecule has 4 nitrogen and oxygen atoms in total. The number of carbonyl (C=O) groups is 1. The number of halogens is 1. The van der Waals surface area contributed by atoms with Crippen LogP contribution in [0.15, 0.2) is 58.5 Å². The standard InChI is InChI=1S/C16H15ClN2O2S/c1-21-13-7-5-11(6-8-13)16(15(20)10-19-18)22-14-4-2-3-12(17)9-14/h2-10,16H,18H2,1H3. The number of hydrazone groups is 1. The number of benzene rings is 2. The fourth-order valence-electron chi connectivity index (χ4n) is 1.89. The molecule has 2 aromatic carbocycles. The molecule has 0 amide bonds. The molecule has 0 bridgehead atoms. The summed E-state index contributed by atoms with van der Waals surface area (Å²) in [5, 5.41) is 3.51. The Morgan fingerprint density at radius 3 is 2.64 bits per heavy atom. The first kappa shape index (κ1) is 16.4. The fourth-order valence-corrected chi connectivity index (χ4v) is 3.24. The van der Waals surface area contributed by atoms with E-state index in [1.54, 1.807) is 13.2 Å². The molecule has 0 aliphatic carbocycles. The van der Waals surface area contributed by atoms with Gasteiger partial charge >= 0.3 is 0 Å². The van der Waals surface area contributed by atoms with Crippen LogP contribution >= 0.6 is 23.4 Å². The monoisotopic (exact) mass is 334 g/mol. The van der Waals surface area contributed by atoms with E-state index >= 15 is 0 Å². The SMILES string of the molecule is COc1ccc(C(Sc2cccc(Cl)c2)C(=O)C=NN)cc1. The van der Waals surface area contributed by atoms with Gasteiger partial charge in [-0.25, -0.2) is 0 Å². The molecule has 0 radical (unpaired) electrons. The lowest BCUT2D eigenvalue weighted by Crippen LogP contribution is -2.11. The van der Waals surface area contributed by atoms with Crippen molar-refractivity contribution in [3.8, 4) is 5.75 Å². The van der Waals surface area contributed by atoms with Crippen molar-refractivity contribution >= 4 is 35.4 Å². The van der Waals surface area contributed by atoms with Crippen molar-refractivity contribution in [3.63, 3.8) is 0 Å². The van der Waals surface area contributed by atoms with E-state index in [0.29, 0.717) is 5.02 Å². The predicted molar refractivity (Wildman–Crippen MR) is 90.7 cm³/mol. The topological polar surface area (TPSA) is 64.7 Å². The van der Waals surface area contributed by atoms with Gasteiger partial charge in [-0.2, -0.15) is 5.10 Å². The lowest BCUT2D eigenvalue weighted by atomic mass is 10.1. The summed E-state index contributed by atoms with van der Waals surface area (Å²) < 4.78 is 5.14. The largest absolute Gasteiger partial charge is 0.497 e. The zero-order chi connectivity index (χ0) is 15.9. The van der Waals surface area contributed by atoms with Crippen LogP contribution < -0.4 is 10.6 Å². The Morgan fingerprint density at radius 1 is 1.32 bits per heavy atom. The summed E-state index contributed by atoms with van der Waals surface area (Å²) in [6, 6.07) is 14.7. The Kier molecular flexibility index (Phi) is 5.86. The minimum Gasteiger partial charge on any atom is -0.497 e. The van der Waals surface area contributed by atoms with Crippen molar-refractivity contribution < 1.29 is 9.53 Å². The highest BCUT2D eigenvalue weighted by atomic mass is 35.5. The van der Waals surface area contributed by atoms with Crippen LogP contribution in [-0.2, 0) is 4.79 Å². The third-order valence-electron chi connectivity index (χ3n) is 2.93. The zero-order valence-corrected chi connectivity index (χ0v) is 13.5. The van der Waals surface area contributed by atoms with Crippen molar-refractivity contribution in [2.45, 2.75) is 10.1 Å². The van der Waals surface area contributed by atoms with Gasteiger partial charge in [0.05, 0.1) is 18.6 Å². The second kappa shape index (κ2) is 7.87. The smallest absolute Gasteiger partial charge is 0.193 e. The van der Waals surface area contributed by atoms with Crippen LogP contribution in [0, 0.1) is 0 Å². The summed E-state index contributed by atoms with van der Waals surface area (Å²) in [4.78, 5) is 13.2. The average molecular weight is 335 g/mol. The Hall–Kier alpha value is -1.98. The maximum atomic E-state index is 12.3. The molecule has 0 saturated heterocycles. The van der Waals surface area contributed by atoms with Gasteiger partial charge in [-0.15, -0.1) is 11.8 Å². The highest BCUT2D eigenvalue weighted by Crippen LogP contribution is 2.37. The Morgan fingerprint density at radius 2 is 2.05 bits per heavy atom. The molecule has 0 aliphatic rings. The van der Waals surface area contributed by atoms with Crippen LogP contribution in [0.1, 0.15) is 10.8 Å². The molecule has 0 fully saturated rings. The molecule has 22 heavy (non-hydrogen) atoms. The van der Waals surface area contributed by atoms with Crippen molar-refractivity contribution in [2.75, 3.05) is 7.11 Å². The van der Waals surface area contributed by atoms with Gasteiger partial charge in [0, 0.05) is 9.92 Å². The van der Waals surface area contributed by atoms with Gasteiger partial charge < -0.3 is 10.6 Å². The summed E-state index contributed by atoms with van der Waals surface area (Å²) in [5.74, 6) is 5.66. The molecular formula is C16H15ClN2O2S. The van der Waals surface area contributed by atoms with Gasteiger partial charge in [-0.05, 0) is 35.9 Å². The Bertz CT molecular complexity index is 674. The van der Waals surface area contributed by atoms with Crippen LogP contribution in [0.5, 0.6) is 5.75 Å². The van der Waals surface area contributed by atoms with E-state index in [-0.39, 0.29) is 5.78 Å². The summed E-state index contributed by atoms with van der Waals surface area (Å²) in [7, 11) is 1.60. The number of thioether (sulfide) groups is 1. The number of hydrogen-bond acceptors (Lipinski definition) is 5. The summed E-state index contributed by atoms with van der Waals surface area (Å²) in [6.45, 7) is 0. The van der Waals surface area contributed by atoms with E-state index in [9.17, 15) is 4.79 Å². The van der Waals surface area contributed by atoms with E-state index in [1.807, 2.05) is 42.5 Å². The van der Waals surface area contributed by atoms with Gasteiger partial charge in [0.2, 0.25) is 0 Å². The number of Topliss-reactive ketones (excluding diaryl/α,β-unsaturated/α-hetero) is 1. The van der Waals surface area contributed by atoms with Gasteiger partial charge in [0.25, 0.3) is 0 Å². The molecule has 1 atom stereocenters. The van der Waals surface area contributed by atoms with Crippen molar-refractivity contribution in [2.24, 2.45) is 10.9 Å². The van der Waals surface area contributed by atoms with Gasteiger partial charge in [0.15, 0.2) is 5.78 Å². The highest BCUT2D eigenvalue weighted by molar-refractivity contribution is 8.00. The molecule has 0 aliphatic heterocycles. The zero-order valence-electron chi connectivity index (χ0n) is 11.9. The first-order valence-corrected chi connectivity index (χ1v) is 7.73. The first-order chi connectivity index (χ1) is 10.6. The first-order valence-electron chi connectivity index (χ1n) is 6.47. The molecule has 2 rings (SSSR count). The van der Waals surface area contributed by atoms with Crippen LogP contribution in [0.3, 0.4) is 0 Å². The second-order valence-corrected chi connectivity index (χ2v) is 6.02. The van der Waals surface area contributed by atoms with Crippen molar-refractivity contribution in [1.29, 1.82) is 0 Å². The third-order valence-corrected chi connectivity index (χ3v) is 4.43. The minimum absolute atomic E-state index is 0.183. The predicted octanol–water partition coefficient (Wildman–Crippen LogP) is 3.70. The number of rotatable bonds is 6. The van der Waals surface area contributed by atoms with Gasteiger partial charge in [-0.3, -0.25) is 4.79 Å². The minimum atomic E-state index is -0.448. The molecule has 2 N–H and O–H groups in total. The third kappa shape index (κ3) is 4.26. The number of nitrogens with zero attached hydrogens (tertiary/aromatic N) is 1. The van der Waals surface area contributed by atoms with E-state index in [4.69, 9.17) is 22.2 Å². The average Bonchev–Trinajstić information content (AvgIpc) is 2.53. The molecule has 6 heteroatoms. The molecular weight excluding hydrogens is 320 g/mol. The molecule has 0 aromatic heterocycles. The van der Waals surface area contributed by atoms with Crippen LogP contribution in [0.25, 0.3) is 0 Å². The molecule has 0 heterocycles. The van der Waals surface area contributed by atoms with E-state index in [2.05, 4.69) is 5.10 Å². The van der Waals surface area contributed by atoms with Crippen LogP contribution in [-0.4, -0.2) is 19.1 Å². The summed E-state index contributed by atoms with van der Waals surface area (Å²) in [5.41, 5.74) is 0.843. The van der Waals surface area contributed by atoms with Crippen LogP contribution in [0.4, 0.5) is 0 Å². The summed E-state index contributed by atoms with van der Waals surface area (Å²) >= 11 is 7.39. The van der Waals surface area contributed by atoms with Crippen molar-refractivity contribution in [1.82, 2.24) is 0 Å².